The van der Waals surface area contributed by atoms with Crippen LogP contribution in [0.4, 0.5) is 0 Å². The Morgan fingerprint density at radius 2 is 1.83 bits per heavy atom. The van der Waals surface area contributed by atoms with Crippen molar-refractivity contribution in [3.63, 3.8) is 0 Å². The minimum atomic E-state index is -3.15. The molecule has 1 aromatic carbocycles. The number of rotatable bonds is 2. The second-order valence-electron chi connectivity index (χ2n) is 4.18. The highest BCUT2D eigenvalue weighted by molar-refractivity contribution is 7.91. The van der Waals surface area contributed by atoms with Gasteiger partial charge in [0, 0.05) is 10.6 Å². The van der Waals surface area contributed by atoms with Crippen LogP contribution < -0.4 is 5.32 Å². The van der Waals surface area contributed by atoms with Gasteiger partial charge >= 0.3 is 0 Å². The summed E-state index contributed by atoms with van der Waals surface area (Å²) in [6.07, 6.45) is 0. The van der Waals surface area contributed by atoms with Crippen molar-refractivity contribution in [3.05, 3.63) is 34.9 Å². The maximum absolute atomic E-state index is 11.9. The molecule has 7 heteroatoms. The topological polar surface area (TPSA) is 63.2 Å². The monoisotopic (exact) mass is 307 g/mol. The molecule has 1 fully saturated rings. The fourth-order valence-electron chi connectivity index (χ4n) is 1.79. The van der Waals surface area contributed by atoms with Crippen molar-refractivity contribution in [1.82, 2.24) is 5.32 Å². The number of sulfone groups is 1. The van der Waals surface area contributed by atoms with Gasteiger partial charge in [-0.1, -0.05) is 11.6 Å². The Morgan fingerprint density at radius 1 is 1.22 bits per heavy atom. The largest absolute Gasteiger partial charge is 0.347 e. The Labute approximate surface area is 115 Å². The molecule has 0 aliphatic carbocycles. The Kier molecular flexibility index (Phi) is 3.84. The first kappa shape index (κ1) is 13.6. The fourth-order valence-corrected chi connectivity index (χ4v) is 4.47. The quantitative estimate of drug-likeness (QED) is 0.842. The summed E-state index contributed by atoms with van der Waals surface area (Å²) < 4.78 is 22.7. The number of carbonyl (C=O) groups is 1. The van der Waals surface area contributed by atoms with Crippen LogP contribution in [0.2, 0.25) is 5.02 Å². The van der Waals surface area contributed by atoms with Gasteiger partial charge in [-0.3, -0.25) is 4.79 Å². The molecule has 0 spiro atoms. The number of benzene rings is 1. The van der Waals surface area contributed by atoms with Gasteiger partial charge in [0.25, 0.3) is 5.91 Å². The van der Waals surface area contributed by atoms with Crippen LogP contribution in [0.3, 0.4) is 0 Å². The Balaban J connectivity index is 2.06. The molecule has 1 aliphatic heterocycles. The first-order valence-electron chi connectivity index (χ1n) is 5.28. The Morgan fingerprint density at radius 3 is 2.33 bits per heavy atom. The molecule has 18 heavy (non-hydrogen) atoms. The van der Waals surface area contributed by atoms with E-state index in [1.807, 2.05) is 0 Å². The third-order valence-corrected chi connectivity index (χ3v) is 5.33. The predicted octanol–water partition coefficient (Wildman–Crippen LogP) is 1.47. The van der Waals surface area contributed by atoms with Crippen molar-refractivity contribution >= 4 is 38.9 Å². The van der Waals surface area contributed by atoms with Crippen LogP contribution in [0.5, 0.6) is 0 Å². The molecule has 2 rings (SSSR count). The zero-order chi connectivity index (χ0) is 13.3. The van der Waals surface area contributed by atoms with E-state index in [0.717, 1.165) is 0 Å². The molecule has 0 bridgehead atoms. The van der Waals surface area contributed by atoms with Gasteiger partial charge in [0.05, 0.1) is 22.9 Å². The van der Waals surface area contributed by atoms with Crippen LogP contribution in [0.15, 0.2) is 24.3 Å². The fraction of sp³-hybridized carbons (Fsp3) is 0.364. The number of amides is 1. The van der Waals surface area contributed by atoms with Crippen molar-refractivity contribution in [2.45, 2.75) is 11.4 Å². The van der Waals surface area contributed by atoms with Crippen molar-refractivity contribution in [3.8, 4) is 0 Å². The van der Waals surface area contributed by atoms with E-state index in [2.05, 4.69) is 5.32 Å². The molecule has 2 atom stereocenters. The van der Waals surface area contributed by atoms with E-state index in [1.165, 1.54) is 0 Å². The molecule has 0 unspecified atom stereocenters. The summed E-state index contributed by atoms with van der Waals surface area (Å²) in [4.78, 5) is 11.9. The van der Waals surface area contributed by atoms with Crippen LogP contribution >= 0.6 is 23.2 Å². The summed E-state index contributed by atoms with van der Waals surface area (Å²) in [5.41, 5.74) is 0.424. The molecule has 1 N–H and O–H groups in total. The van der Waals surface area contributed by atoms with Crippen molar-refractivity contribution in [1.29, 1.82) is 0 Å². The third-order valence-electron chi connectivity index (χ3n) is 2.71. The van der Waals surface area contributed by atoms with Crippen LogP contribution in [-0.4, -0.2) is 37.2 Å². The second-order valence-corrected chi connectivity index (χ2v) is 7.33. The zero-order valence-corrected chi connectivity index (χ0v) is 11.6. The van der Waals surface area contributed by atoms with Gasteiger partial charge in [0.1, 0.15) is 0 Å². The van der Waals surface area contributed by atoms with Crippen LogP contribution in [0.1, 0.15) is 10.4 Å². The van der Waals surface area contributed by atoms with Gasteiger partial charge in [-0.15, -0.1) is 11.6 Å². The van der Waals surface area contributed by atoms with E-state index in [1.54, 1.807) is 24.3 Å². The molecule has 1 amide bonds. The number of hydrogen-bond acceptors (Lipinski definition) is 3. The summed E-state index contributed by atoms with van der Waals surface area (Å²) in [6.45, 7) is 0. The van der Waals surface area contributed by atoms with Crippen LogP contribution in [0.25, 0.3) is 0 Å². The number of nitrogens with one attached hydrogen (secondary N) is 1. The highest BCUT2D eigenvalue weighted by atomic mass is 35.5. The summed E-state index contributed by atoms with van der Waals surface area (Å²) in [7, 11) is -3.15. The van der Waals surface area contributed by atoms with E-state index < -0.39 is 21.3 Å². The van der Waals surface area contributed by atoms with Gasteiger partial charge in [-0.05, 0) is 24.3 Å². The first-order valence-corrected chi connectivity index (χ1v) is 7.92. The van der Waals surface area contributed by atoms with Crippen molar-refractivity contribution < 1.29 is 13.2 Å². The Hall–Kier alpha value is -0.780. The molecule has 0 aromatic heterocycles. The summed E-state index contributed by atoms with van der Waals surface area (Å²) >= 11 is 11.6. The number of carbonyl (C=O) groups excluding carboxylic acids is 1. The molecule has 4 nitrogen and oxygen atoms in total. The molecule has 1 aliphatic rings. The molecular weight excluding hydrogens is 297 g/mol. The van der Waals surface area contributed by atoms with Gasteiger partial charge in [0.15, 0.2) is 9.84 Å². The lowest BCUT2D eigenvalue weighted by atomic mass is 10.2. The highest BCUT2D eigenvalue weighted by Crippen LogP contribution is 2.18. The van der Waals surface area contributed by atoms with Crippen LogP contribution in [0, 0.1) is 0 Å². The zero-order valence-electron chi connectivity index (χ0n) is 9.27. The summed E-state index contributed by atoms with van der Waals surface area (Å²) in [5, 5.41) is 2.58. The van der Waals surface area contributed by atoms with Crippen LogP contribution in [-0.2, 0) is 9.84 Å². The second kappa shape index (κ2) is 5.07. The van der Waals surface area contributed by atoms with Gasteiger partial charge in [-0.25, -0.2) is 8.42 Å². The molecule has 98 valence electrons. The molecule has 1 aromatic rings. The van der Waals surface area contributed by atoms with Gasteiger partial charge < -0.3 is 5.32 Å². The lowest BCUT2D eigenvalue weighted by Gasteiger charge is -2.14. The maximum Gasteiger partial charge on any atom is 0.251 e. The van der Waals surface area contributed by atoms with Gasteiger partial charge in [0.2, 0.25) is 0 Å². The minimum absolute atomic E-state index is 0.0971. The SMILES string of the molecule is O=C(N[C@@H]1CS(=O)(=O)C[C@H]1Cl)c1ccc(Cl)cc1. The van der Waals surface area contributed by atoms with Crippen molar-refractivity contribution in [2.24, 2.45) is 0 Å². The predicted molar refractivity (Wildman–Crippen MR) is 71.0 cm³/mol. The van der Waals surface area contributed by atoms with E-state index in [-0.39, 0.29) is 17.4 Å². The standard InChI is InChI=1S/C11H11Cl2NO3S/c12-8-3-1-7(2-4-8)11(15)14-10-6-18(16,17)5-9(10)13/h1-4,9-10H,5-6H2,(H,14,15)/t9-,10-/m1/s1. The average molecular weight is 308 g/mol. The minimum Gasteiger partial charge on any atom is -0.347 e. The molecule has 1 saturated heterocycles. The average Bonchev–Trinajstić information content (AvgIpc) is 2.52. The molecule has 0 radical (unpaired) electrons. The normalized spacial score (nSPS) is 25.9. The maximum atomic E-state index is 11.9. The highest BCUT2D eigenvalue weighted by Gasteiger charge is 2.37. The van der Waals surface area contributed by atoms with Gasteiger partial charge in [-0.2, -0.15) is 0 Å². The van der Waals surface area contributed by atoms with E-state index >= 15 is 0 Å². The number of alkyl halides is 1. The smallest absolute Gasteiger partial charge is 0.251 e. The number of hydrogen-bond donors (Lipinski definition) is 1. The van der Waals surface area contributed by atoms with E-state index in [9.17, 15) is 13.2 Å². The molecular formula is C11H11Cl2NO3S. The third kappa shape index (κ3) is 3.16. The molecule has 0 saturated carbocycles. The lowest BCUT2D eigenvalue weighted by molar-refractivity contribution is 0.0941. The molecule has 1 heterocycles. The summed E-state index contributed by atoms with van der Waals surface area (Å²) in [5.74, 6) is -0.555. The summed E-state index contributed by atoms with van der Waals surface area (Å²) in [6, 6.07) is 5.80. The van der Waals surface area contributed by atoms with Crippen molar-refractivity contribution in [2.75, 3.05) is 11.5 Å². The lowest BCUT2D eigenvalue weighted by Crippen LogP contribution is -2.40. The number of halogens is 2. The Bertz CT molecular complexity index is 556. The van der Waals surface area contributed by atoms with E-state index in [0.29, 0.717) is 10.6 Å². The van der Waals surface area contributed by atoms with E-state index in [4.69, 9.17) is 23.2 Å². The first-order chi connectivity index (χ1) is 8.37.